The predicted octanol–water partition coefficient (Wildman–Crippen LogP) is 3.19. The second kappa shape index (κ2) is 11.2. The molecule has 2 heterocycles. The number of aliphatic hydroxyl groups is 1. The summed E-state index contributed by atoms with van der Waals surface area (Å²) < 4.78 is 11.0. The molecule has 0 saturated carbocycles. The molecule has 174 valence electrons. The van der Waals surface area contributed by atoms with Crippen LogP contribution >= 0.6 is 11.6 Å². The monoisotopic (exact) mass is 465 g/mol. The third-order valence-electron chi connectivity index (χ3n) is 5.22. The average molecular weight is 466 g/mol. The molecule has 0 bridgehead atoms. The Bertz CT molecular complexity index is 918. The van der Waals surface area contributed by atoms with E-state index in [1.165, 1.54) is 0 Å². The van der Waals surface area contributed by atoms with E-state index in [4.69, 9.17) is 20.9 Å². The zero-order valence-electron chi connectivity index (χ0n) is 18.0. The number of carbonyl (C=O) groups excluding carboxylic acids is 2. The van der Waals surface area contributed by atoms with Gasteiger partial charge in [-0.3, -0.25) is 0 Å². The minimum Gasteiger partial charge on any atom is -0.394 e. The number of hydrogen-bond acceptors (Lipinski definition) is 6. The molecule has 10 nitrogen and oxygen atoms in total. The second-order valence-corrected chi connectivity index (χ2v) is 8.08. The van der Waals surface area contributed by atoms with Crippen LogP contribution in [0.1, 0.15) is 30.7 Å². The highest BCUT2D eigenvalue weighted by Gasteiger charge is 2.31. The van der Waals surface area contributed by atoms with Crippen molar-refractivity contribution in [1.29, 1.82) is 0 Å². The van der Waals surface area contributed by atoms with Crippen molar-refractivity contribution in [1.82, 2.24) is 15.8 Å². The summed E-state index contributed by atoms with van der Waals surface area (Å²) >= 11 is 5.93. The summed E-state index contributed by atoms with van der Waals surface area (Å²) in [5, 5.41) is 25.1. The molecule has 3 rings (SSSR count). The normalized spacial score (nSPS) is 20.4. The lowest BCUT2D eigenvalue weighted by molar-refractivity contribution is -0.0885. The Morgan fingerprint density at radius 1 is 1.22 bits per heavy atom. The van der Waals surface area contributed by atoms with Crippen LogP contribution in [0, 0.1) is 13.8 Å². The smallest absolute Gasteiger partial charge is 0.319 e. The first kappa shape index (κ1) is 23.8. The summed E-state index contributed by atoms with van der Waals surface area (Å²) in [6.07, 6.45) is 1.23. The third kappa shape index (κ3) is 6.59. The Hall–Kier alpha value is -2.82. The zero-order chi connectivity index (χ0) is 23.1. The van der Waals surface area contributed by atoms with Crippen molar-refractivity contribution in [3.63, 3.8) is 0 Å². The van der Waals surface area contributed by atoms with Gasteiger partial charge in [0.25, 0.3) is 0 Å². The fraction of sp³-hybridized carbons (Fsp3) is 0.476. The summed E-state index contributed by atoms with van der Waals surface area (Å²) in [4.78, 5) is 24.4. The summed E-state index contributed by atoms with van der Waals surface area (Å²) in [5.41, 5.74) is 1.74. The van der Waals surface area contributed by atoms with Crippen molar-refractivity contribution in [2.45, 2.75) is 51.4 Å². The Kier molecular flexibility index (Phi) is 8.32. The van der Waals surface area contributed by atoms with E-state index in [1.807, 2.05) is 0 Å². The molecule has 2 aromatic rings. The van der Waals surface area contributed by atoms with Gasteiger partial charge in [0.15, 0.2) is 5.76 Å². The van der Waals surface area contributed by atoms with Gasteiger partial charge in [0.05, 0.1) is 18.8 Å². The van der Waals surface area contributed by atoms with E-state index in [0.29, 0.717) is 53.7 Å². The number of nitrogens with one attached hydrogen (secondary N) is 4. The summed E-state index contributed by atoms with van der Waals surface area (Å²) in [6.45, 7) is 3.64. The number of benzene rings is 1. The molecule has 1 aromatic carbocycles. The van der Waals surface area contributed by atoms with Gasteiger partial charge in [-0.25, -0.2) is 9.59 Å². The number of anilines is 2. The summed E-state index contributed by atoms with van der Waals surface area (Å²) in [5.74, 6) is 0.539. The van der Waals surface area contributed by atoms with Crippen LogP contribution in [0.25, 0.3) is 0 Å². The van der Waals surface area contributed by atoms with Crippen molar-refractivity contribution < 1.29 is 24.0 Å². The van der Waals surface area contributed by atoms with Gasteiger partial charge in [0, 0.05) is 17.3 Å². The molecule has 0 radical (unpaired) electrons. The van der Waals surface area contributed by atoms with Crippen LogP contribution < -0.4 is 21.3 Å². The number of amides is 4. The number of hydrogen-bond donors (Lipinski definition) is 5. The van der Waals surface area contributed by atoms with E-state index in [1.54, 1.807) is 38.1 Å². The predicted molar refractivity (Wildman–Crippen MR) is 120 cm³/mol. The maximum absolute atomic E-state index is 12.3. The van der Waals surface area contributed by atoms with E-state index >= 15 is 0 Å². The highest BCUT2D eigenvalue weighted by molar-refractivity contribution is 6.30. The minimum atomic E-state index is -0.532. The van der Waals surface area contributed by atoms with Gasteiger partial charge in [0.2, 0.25) is 0 Å². The van der Waals surface area contributed by atoms with Gasteiger partial charge in [-0.2, -0.15) is 0 Å². The number of halogens is 1. The highest BCUT2D eigenvalue weighted by atomic mass is 35.5. The summed E-state index contributed by atoms with van der Waals surface area (Å²) in [6, 6.07) is 5.76. The van der Waals surface area contributed by atoms with Gasteiger partial charge in [0.1, 0.15) is 17.5 Å². The molecule has 3 atom stereocenters. The van der Waals surface area contributed by atoms with Crippen LogP contribution in [0.4, 0.5) is 21.0 Å². The first-order valence-corrected chi connectivity index (χ1v) is 10.8. The van der Waals surface area contributed by atoms with Crippen LogP contribution in [0.5, 0.6) is 0 Å². The van der Waals surface area contributed by atoms with Crippen molar-refractivity contribution in [3.05, 3.63) is 40.7 Å². The molecule has 1 aliphatic heterocycles. The quantitative estimate of drug-likeness (QED) is 0.425. The Balaban J connectivity index is 1.41. The Labute approximate surface area is 191 Å². The number of carbonyl (C=O) groups is 2. The standard InChI is InChI=1S/C21H28ClN5O5/c1-12-19(13(2)32-27-12)26-20(29)23-9-8-16-6-7-17(18(11-28)31-16)25-21(30)24-15-5-3-4-14(22)10-15/h3-5,10,16-18,28H,6-9,11H2,1-2H3,(H2,23,26,29)(H2,24,25,30)/t16-,17-,18-/m0/s1. The van der Waals surface area contributed by atoms with Gasteiger partial charge < -0.3 is 35.6 Å². The molecule has 0 spiro atoms. The minimum absolute atomic E-state index is 0.138. The van der Waals surface area contributed by atoms with Crippen LogP contribution in [-0.2, 0) is 4.74 Å². The molecule has 11 heteroatoms. The number of nitrogens with zero attached hydrogens (tertiary/aromatic N) is 1. The summed E-state index contributed by atoms with van der Waals surface area (Å²) in [7, 11) is 0. The Morgan fingerprint density at radius 3 is 2.72 bits per heavy atom. The number of ether oxygens (including phenoxy) is 1. The SMILES string of the molecule is Cc1noc(C)c1NC(=O)NCC[C@@H]1CC[C@H](NC(=O)Nc2cccc(Cl)c2)[C@H](CO)O1. The van der Waals surface area contributed by atoms with Gasteiger partial charge >= 0.3 is 12.1 Å². The lowest BCUT2D eigenvalue weighted by atomic mass is 9.97. The van der Waals surface area contributed by atoms with E-state index in [2.05, 4.69) is 26.4 Å². The maximum Gasteiger partial charge on any atom is 0.319 e. The fourth-order valence-electron chi connectivity index (χ4n) is 3.58. The molecule has 1 aliphatic rings. The Morgan fingerprint density at radius 2 is 2.03 bits per heavy atom. The van der Waals surface area contributed by atoms with Gasteiger partial charge in [-0.05, 0) is 51.3 Å². The van der Waals surface area contributed by atoms with E-state index in [9.17, 15) is 14.7 Å². The molecule has 1 saturated heterocycles. The van der Waals surface area contributed by atoms with Crippen LogP contribution in [0.15, 0.2) is 28.8 Å². The lowest BCUT2D eigenvalue weighted by Gasteiger charge is -2.36. The van der Waals surface area contributed by atoms with Crippen LogP contribution in [0.3, 0.4) is 0 Å². The third-order valence-corrected chi connectivity index (χ3v) is 5.45. The molecular weight excluding hydrogens is 438 g/mol. The van der Waals surface area contributed by atoms with E-state index in [-0.39, 0.29) is 24.8 Å². The number of aromatic nitrogens is 1. The van der Waals surface area contributed by atoms with Crippen LogP contribution in [-0.4, -0.2) is 53.7 Å². The topological polar surface area (TPSA) is 138 Å². The maximum atomic E-state index is 12.3. The van der Waals surface area contributed by atoms with Crippen LogP contribution in [0.2, 0.25) is 5.02 Å². The first-order valence-electron chi connectivity index (χ1n) is 10.4. The van der Waals surface area contributed by atoms with E-state index in [0.717, 1.165) is 0 Å². The number of aryl methyl sites for hydroxylation is 2. The largest absolute Gasteiger partial charge is 0.394 e. The average Bonchev–Trinajstić information content (AvgIpc) is 3.06. The molecule has 32 heavy (non-hydrogen) atoms. The second-order valence-electron chi connectivity index (χ2n) is 7.64. The van der Waals surface area contributed by atoms with Crippen molar-refractivity contribution in [3.8, 4) is 0 Å². The highest BCUT2D eigenvalue weighted by Crippen LogP contribution is 2.22. The first-order chi connectivity index (χ1) is 15.4. The van der Waals surface area contributed by atoms with Crippen molar-refractivity contribution in [2.75, 3.05) is 23.8 Å². The fourth-order valence-corrected chi connectivity index (χ4v) is 3.77. The van der Waals surface area contributed by atoms with Crippen molar-refractivity contribution in [2.24, 2.45) is 0 Å². The number of aliphatic hydroxyl groups excluding tert-OH is 1. The zero-order valence-corrected chi connectivity index (χ0v) is 18.7. The lowest BCUT2D eigenvalue weighted by Crippen LogP contribution is -2.52. The van der Waals surface area contributed by atoms with Gasteiger partial charge in [-0.1, -0.05) is 22.8 Å². The molecular formula is C21H28ClN5O5. The van der Waals surface area contributed by atoms with Gasteiger partial charge in [-0.15, -0.1) is 0 Å². The molecule has 0 aliphatic carbocycles. The molecule has 0 unspecified atom stereocenters. The number of urea groups is 2. The number of rotatable bonds is 7. The molecule has 1 fully saturated rings. The molecule has 5 N–H and O–H groups in total. The van der Waals surface area contributed by atoms with E-state index < -0.39 is 12.1 Å². The molecule has 1 aromatic heterocycles. The van der Waals surface area contributed by atoms with Crippen molar-refractivity contribution >= 4 is 35.0 Å². The molecule has 4 amide bonds.